The molecule has 0 aliphatic rings. The van der Waals surface area contributed by atoms with E-state index >= 15 is 0 Å². The summed E-state index contributed by atoms with van der Waals surface area (Å²) < 4.78 is 38.4. The van der Waals surface area contributed by atoms with Gasteiger partial charge in [0, 0.05) is 0 Å². The van der Waals surface area contributed by atoms with Crippen molar-refractivity contribution in [3.05, 3.63) is 47.3 Å². The first-order valence-electron chi connectivity index (χ1n) is 5.22. The van der Waals surface area contributed by atoms with E-state index in [1.165, 1.54) is 23.0 Å². The van der Waals surface area contributed by atoms with Crippen molar-refractivity contribution in [3.8, 4) is 0 Å². The molecule has 8 heteroatoms. The number of nitrogens with zero attached hydrogens (tertiary/aromatic N) is 3. The maximum atomic E-state index is 12.4. The standard InChI is InChI=1S/C11H9F3N4O/c12-11(13,14)8-3-1-7(2-4-8)5-18-6-9(10(15)19)16-17-18/h1-4,6H,5H2,(H2,15,19). The van der Waals surface area contributed by atoms with Crippen LogP contribution in [0.25, 0.3) is 0 Å². The molecule has 1 heterocycles. The van der Waals surface area contributed by atoms with Crippen LogP contribution in [0.3, 0.4) is 0 Å². The number of alkyl halides is 3. The second kappa shape index (κ2) is 4.71. The summed E-state index contributed by atoms with van der Waals surface area (Å²) in [5.41, 5.74) is 4.91. The fourth-order valence-corrected chi connectivity index (χ4v) is 1.47. The largest absolute Gasteiger partial charge is 0.416 e. The second-order valence-electron chi connectivity index (χ2n) is 3.86. The number of rotatable bonds is 3. The molecule has 0 unspecified atom stereocenters. The predicted molar refractivity (Wildman–Crippen MR) is 59.1 cm³/mol. The van der Waals surface area contributed by atoms with E-state index in [9.17, 15) is 18.0 Å². The van der Waals surface area contributed by atoms with Gasteiger partial charge in [-0.05, 0) is 17.7 Å². The van der Waals surface area contributed by atoms with Crippen molar-refractivity contribution in [1.82, 2.24) is 15.0 Å². The molecule has 0 bridgehead atoms. The van der Waals surface area contributed by atoms with Gasteiger partial charge in [-0.3, -0.25) is 4.79 Å². The summed E-state index contributed by atoms with van der Waals surface area (Å²) in [6.07, 6.45) is -3.02. The second-order valence-corrected chi connectivity index (χ2v) is 3.86. The number of carbonyl (C=O) groups excluding carboxylic acids is 1. The monoisotopic (exact) mass is 270 g/mol. The summed E-state index contributed by atoms with van der Waals surface area (Å²) in [5, 5.41) is 7.17. The van der Waals surface area contributed by atoms with Crippen LogP contribution in [0.5, 0.6) is 0 Å². The van der Waals surface area contributed by atoms with Crippen molar-refractivity contribution in [2.75, 3.05) is 0 Å². The van der Waals surface area contributed by atoms with Gasteiger partial charge in [0.15, 0.2) is 5.69 Å². The van der Waals surface area contributed by atoms with Crippen molar-refractivity contribution in [2.45, 2.75) is 12.7 Å². The van der Waals surface area contributed by atoms with E-state index in [0.717, 1.165) is 12.1 Å². The van der Waals surface area contributed by atoms with Crippen LogP contribution in [0.4, 0.5) is 13.2 Å². The Morgan fingerprint density at radius 2 is 1.89 bits per heavy atom. The highest BCUT2D eigenvalue weighted by Gasteiger charge is 2.29. The highest BCUT2D eigenvalue weighted by molar-refractivity contribution is 5.90. The van der Waals surface area contributed by atoms with E-state index in [2.05, 4.69) is 10.3 Å². The van der Waals surface area contributed by atoms with Crippen molar-refractivity contribution in [2.24, 2.45) is 5.73 Å². The molecule has 0 aliphatic heterocycles. The maximum absolute atomic E-state index is 12.4. The van der Waals surface area contributed by atoms with Crippen LogP contribution >= 0.6 is 0 Å². The predicted octanol–water partition coefficient (Wildman–Crippen LogP) is 1.44. The Hall–Kier alpha value is -2.38. The molecule has 1 aromatic heterocycles. The molecular formula is C11H9F3N4O. The Bertz CT molecular complexity index is 589. The first-order chi connectivity index (χ1) is 8.86. The van der Waals surface area contributed by atoms with E-state index in [0.29, 0.717) is 5.56 Å². The molecule has 0 saturated heterocycles. The number of primary amides is 1. The van der Waals surface area contributed by atoms with E-state index < -0.39 is 17.6 Å². The zero-order valence-electron chi connectivity index (χ0n) is 9.55. The van der Waals surface area contributed by atoms with Crippen molar-refractivity contribution < 1.29 is 18.0 Å². The minimum absolute atomic E-state index is 0.00640. The quantitative estimate of drug-likeness (QED) is 0.917. The van der Waals surface area contributed by atoms with Gasteiger partial charge < -0.3 is 5.73 Å². The fraction of sp³-hybridized carbons (Fsp3) is 0.182. The Balaban J connectivity index is 2.13. The van der Waals surface area contributed by atoms with Gasteiger partial charge in [0.1, 0.15) is 0 Å². The minimum atomic E-state index is -4.36. The molecule has 0 fully saturated rings. The molecule has 2 rings (SSSR count). The molecule has 1 aromatic carbocycles. The first kappa shape index (κ1) is 13.1. The van der Waals surface area contributed by atoms with Gasteiger partial charge in [-0.25, -0.2) is 4.68 Å². The molecule has 0 radical (unpaired) electrons. The highest BCUT2D eigenvalue weighted by atomic mass is 19.4. The van der Waals surface area contributed by atoms with Crippen molar-refractivity contribution >= 4 is 5.91 Å². The lowest BCUT2D eigenvalue weighted by molar-refractivity contribution is -0.137. The molecule has 100 valence electrons. The zero-order chi connectivity index (χ0) is 14.0. The molecular weight excluding hydrogens is 261 g/mol. The van der Waals surface area contributed by atoms with Crippen molar-refractivity contribution in [1.29, 1.82) is 0 Å². The Kier molecular flexibility index (Phi) is 3.24. The Morgan fingerprint density at radius 3 is 2.37 bits per heavy atom. The van der Waals surface area contributed by atoms with E-state index in [4.69, 9.17) is 5.73 Å². The molecule has 1 amide bonds. The fourth-order valence-electron chi connectivity index (χ4n) is 1.47. The molecule has 2 N–H and O–H groups in total. The summed E-state index contributed by atoms with van der Waals surface area (Å²) in [7, 11) is 0. The SMILES string of the molecule is NC(=O)c1cn(Cc2ccc(C(F)(F)F)cc2)nn1. The topological polar surface area (TPSA) is 73.8 Å². The maximum Gasteiger partial charge on any atom is 0.416 e. The van der Waals surface area contributed by atoms with Crippen LogP contribution in [-0.4, -0.2) is 20.9 Å². The molecule has 0 spiro atoms. The van der Waals surface area contributed by atoms with Crippen LogP contribution in [0.1, 0.15) is 21.6 Å². The van der Waals surface area contributed by atoms with Crippen molar-refractivity contribution in [3.63, 3.8) is 0 Å². The van der Waals surface area contributed by atoms with Crippen LogP contribution in [-0.2, 0) is 12.7 Å². The van der Waals surface area contributed by atoms with Crippen LogP contribution in [0.2, 0.25) is 0 Å². The molecule has 0 atom stereocenters. The van der Waals surface area contributed by atoms with E-state index in [-0.39, 0.29) is 12.2 Å². The average molecular weight is 270 g/mol. The lowest BCUT2D eigenvalue weighted by Gasteiger charge is -2.07. The third-order valence-corrected chi connectivity index (χ3v) is 2.42. The number of nitrogens with two attached hydrogens (primary N) is 1. The van der Waals surface area contributed by atoms with Gasteiger partial charge in [0.2, 0.25) is 0 Å². The number of benzene rings is 1. The number of amides is 1. The minimum Gasteiger partial charge on any atom is -0.364 e. The summed E-state index contributed by atoms with van der Waals surface area (Å²) in [5.74, 6) is -0.710. The Morgan fingerprint density at radius 1 is 1.26 bits per heavy atom. The third-order valence-electron chi connectivity index (χ3n) is 2.42. The van der Waals surface area contributed by atoms with Crippen LogP contribution in [0, 0.1) is 0 Å². The lowest BCUT2D eigenvalue weighted by Crippen LogP contribution is -2.11. The lowest BCUT2D eigenvalue weighted by atomic mass is 10.1. The average Bonchev–Trinajstić information content (AvgIpc) is 2.77. The molecule has 0 aliphatic carbocycles. The van der Waals surface area contributed by atoms with Gasteiger partial charge in [-0.15, -0.1) is 5.10 Å². The first-order valence-corrected chi connectivity index (χ1v) is 5.22. The third kappa shape index (κ3) is 3.09. The van der Waals surface area contributed by atoms with E-state index in [1.54, 1.807) is 0 Å². The Labute approximate surface area is 105 Å². The smallest absolute Gasteiger partial charge is 0.364 e. The van der Waals surface area contributed by atoms with E-state index in [1.807, 2.05) is 0 Å². The number of carbonyl (C=O) groups is 1. The highest BCUT2D eigenvalue weighted by Crippen LogP contribution is 2.29. The van der Waals surface area contributed by atoms with Crippen LogP contribution in [0.15, 0.2) is 30.5 Å². The summed E-state index contributed by atoms with van der Waals surface area (Å²) in [4.78, 5) is 10.8. The van der Waals surface area contributed by atoms with Gasteiger partial charge in [-0.2, -0.15) is 13.2 Å². The molecule has 2 aromatic rings. The van der Waals surface area contributed by atoms with Gasteiger partial charge in [-0.1, -0.05) is 17.3 Å². The number of halogens is 3. The molecule has 5 nitrogen and oxygen atoms in total. The molecule has 0 saturated carbocycles. The number of hydrogen-bond donors (Lipinski definition) is 1. The van der Waals surface area contributed by atoms with Gasteiger partial charge >= 0.3 is 6.18 Å². The summed E-state index contributed by atoms with van der Waals surface area (Å²) >= 11 is 0. The van der Waals surface area contributed by atoms with Gasteiger partial charge in [0.25, 0.3) is 5.91 Å². The normalized spacial score (nSPS) is 11.5. The summed E-state index contributed by atoms with van der Waals surface area (Å²) in [6.45, 7) is 0.207. The summed E-state index contributed by atoms with van der Waals surface area (Å²) in [6, 6.07) is 4.66. The zero-order valence-corrected chi connectivity index (χ0v) is 9.55. The molecule has 19 heavy (non-hydrogen) atoms. The number of hydrogen-bond acceptors (Lipinski definition) is 3. The van der Waals surface area contributed by atoms with Crippen LogP contribution < -0.4 is 5.73 Å². The number of aromatic nitrogens is 3. The van der Waals surface area contributed by atoms with Gasteiger partial charge in [0.05, 0.1) is 18.3 Å².